The van der Waals surface area contributed by atoms with Crippen LogP contribution in [0.1, 0.15) is 45.4 Å². The summed E-state index contributed by atoms with van der Waals surface area (Å²) in [5.41, 5.74) is 0.938. The van der Waals surface area contributed by atoms with E-state index in [1.54, 1.807) is 6.20 Å². The number of rotatable bonds is 5. The van der Waals surface area contributed by atoms with Gasteiger partial charge in [0.05, 0.1) is 11.8 Å². The smallest absolute Gasteiger partial charge is 0.0982 e. The van der Waals surface area contributed by atoms with E-state index in [9.17, 15) is 5.11 Å². The molecule has 14 heavy (non-hydrogen) atoms. The Balaban J connectivity index is 2.72. The average Bonchev–Trinajstić information content (AvgIpc) is 2.64. The van der Waals surface area contributed by atoms with E-state index in [-0.39, 0.29) is 6.10 Å². The topological polar surface area (TPSA) is 38.1 Å². The van der Waals surface area contributed by atoms with Gasteiger partial charge in [0, 0.05) is 12.7 Å². The SMILES string of the molecule is CCCC(C)C(O)c1ccnn1CC. The van der Waals surface area contributed by atoms with Gasteiger partial charge in [0.25, 0.3) is 0 Å². The van der Waals surface area contributed by atoms with Crippen LogP contribution >= 0.6 is 0 Å². The first-order valence-electron chi connectivity index (χ1n) is 5.40. The highest BCUT2D eigenvalue weighted by molar-refractivity contribution is 5.05. The van der Waals surface area contributed by atoms with Crippen molar-refractivity contribution in [2.45, 2.75) is 46.3 Å². The first-order valence-corrected chi connectivity index (χ1v) is 5.40. The van der Waals surface area contributed by atoms with Crippen molar-refractivity contribution in [3.05, 3.63) is 18.0 Å². The molecule has 1 aromatic heterocycles. The van der Waals surface area contributed by atoms with Gasteiger partial charge < -0.3 is 5.11 Å². The van der Waals surface area contributed by atoms with E-state index in [4.69, 9.17) is 0 Å². The molecule has 80 valence electrons. The number of hydrogen-bond donors (Lipinski definition) is 1. The third-order valence-electron chi connectivity index (χ3n) is 2.63. The fraction of sp³-hybridized carbons (Fsp3) is 0.727. The Kier molecular flexibility index (Phi) is 4.14. The van der Waals surface area contributed by atoms with Crippen LogP contribution in [-0.4, -0.2) is 14.9 Å². The molecule has 0 aliphatic carbocycles. The van der Waals surface area contributed by atoms with Gasteiger partial charge in [-0.05, 0) is 25.3 Å². The van der Waals surface area contributed by atoms with Crippen molar-refractivity contribution in [2.75, 3.05) is 0 Å². The van der Waals surface area contributed by atoms with Crippen LogP contribution in [0, 0.1) is 5.92 Å². The van der Waals surface area contributed by atoms with Crippen molar-refractivity contribution >= 4 is 0 Å². The van der Waals surface area contributed by atoms with Crippen molar-refractivity contribution in [3.8, 4) is 0 Å². The van der Waals surface area contributed by atoms with Crippen LogP contribution in [0.15, 0.2) is 12.3 Å². The first kappa shape index (κ1) is 11.2. The lowest BCUT2D eigenvalue weighted by atomic mass is 9.97. The van der Waals surface area contributed by atoms with Gasteiger partial charge >= 0.3 is 0 Å². The minimum Gasteiger partial charge on any atom is -0.387 e. The van der Waals surface area contributed by atoms with Crippen molar-refractivity contribution in [1.29, 1.82) is 0 Å². The zero-order chi connectivity index (χ0) is 10.6. The quantitative estimate of drug-likeness (QED) is 0.785. The second-order valence-corrected chi connectivity index (χ2v) is 3.78. The molecule has 3 heteroatoms. The summed E-state index contributed by atoms with van der Waals surface area (Å²) in [6.07, 6.45) is 3.53. The number of aryl methyl sites for hydroxylation is 1. The van der Waals surface area contributed by atoms with E-state index < -0.39 is 0 Å². The van der Waals surface area contributed by atoms with Gasteiger partial charge in [-0.15, -0.1) is 0 Å². The van der Waals surface area contributed by atoms with Crippen LogP contribution in [0.25, 0.3) is 0 Å². The third kappa shape index (κ3) is 2.35. The maximum atomic E-state index is 10.1. The number of hydrogen-bond acceptors (Lipinski definition) is 2. The molecule has 0 aliphatic rings. The number of aliphatic hydroxyl groups is 1. The van der Waals surface area contributed by atoms with Crippen LogP contribution in [0.3, 0.4) is 0 Å². The lowest BCUT2D eigenvalue weighted by molar-refractivity contribution is 0.103. The molecule has 0 spiro atoms. The second-order valence-electron chi connectivity index (χ2n) is 3.78. The summed E-state index contributed by atoms with van der Waals surface area (Å²) in [4.78, 5) is 0. The van der Waals surface area contributed by atoms with Gasteiger partial charge in [-0.2, -0.15) is 5.10 Å². The molecule has 0 radical (unpaired) electrons. The minimum atomic E-state index is -0.377. The summed E-state index contributed by atoms with van der Waals surface area (Å²) < 4.78 is 1.86. The molecule has 0 aliphatic heterocycles. The molecule has 0 aromatic carbocycles. The summed E-state index contributed by atoms with van der Waals surface area (Å²) in [5.74, 6) is 0.307. The van der Waals surface area contributed by atoms with E-state index in [0.717, 1.165) is 25.1 Å². The molecule has 2 atom stereocenters. The molecule has 3 nitrogen and oxygen atoms in total. The molecule has 0 bridgehead atoms. The van der Waals surface area contributed by atoms with E-state index >= 15 is 0 Å². The fourth-order valence-corrected chi connectivity index (χ4v) is 1.76. The number of nitrogens with zero attached hydrogens (tertiary/aromatic N) is 2. The van der Waals surface area contributed by atoms with Gasteiger partial charge in [-0.3, -0.25) is 4.68 Å². The molecule has 0 amide bonds. The highest BCUT2D eigenvalue weighted by atomic mass is 16.3. The summed E-state index contributed by atoms with van der Waals surface area (Å²) in [7, 11) is 0. The zero-order valence-electron chi connectivity index (χ0n) is 9.27. The lowest BCUT2D eigenvalue weighted by Gasteiger charge is -2.18. The van der Waals surface area contributed by atoms with Gasteiger partial charge in [-0.1, -0.05) is 20.3 Å². The van der Waals surface area contributed by atoms with E-state index in [1.807, 2.05) is 17.7 Å². The Morgan fingerprint density at radius 2 is 2.21 bits per heavy atom. The molecule has 0 saturated heterocycles. The Labute approximate surface area is 85.8 Å². The number of aliphatic hydroxyl groups excluding tert-OH is 1. The Bertz CT molecular complexity index is 270. The van der Waals surface area contributed by atoms with Crippen molar-refractivity contribution < 1.29 is 5.11 Å². The zero-order valence-corrected chi connectivity index (χ0v) is 9.27. The molecule has 1 heterocycles. The van der Waals surface area contributed by atoms with E-state index in [1.165, 1.54) is 0 Å². The minimum absolute atomic E-state index is 0.307. The van der Waals surface area contributed by atoms with Crippen LogP contribution in [0.2, 0.25) is 0 Å². The predicted octanol–water partition coefficient (Wildman–Crippen LogP) is 2.37. The normalized spacial score (nSPS) is 15.4. The first-order chi connectivity index (χ1) is 6.70. The van der Waals surface area contributed by atoms with Crippen LogP contribution in [0.5, 0.6) is 0 Å². The standard InChI is InChI=1S/C11H20N2O/c1-4-6-9(3)11(14)10-7-8-12-13(10)5-2/h7-9,11,14H,4-6H2,1-3H3. The van der Waals surface area contributed by atoms with Gasteiger partial charge in [0.15, 0.2) is 0 Å². The predicted molar refractivity (Wildman–Crippen MR) is 56.9 cm³/mol. The largest absolute Gasteiger partial charge is 0.387 e. The average molecular weight is 196 g/mol. The van der Waals surface area contributed by atoms with Gasteiger partial charge in [0.1, 0.15) is 0 Å². The molecule has 1 aromatic rings. The molecule has 1 N–H and O–H groups in total. The Hall–Kier alpha value is -0.830. The Morgan fingerprint density at radius 3 is 2.79 bits per heavy atom. The molecular weight excluding hydrogens is 176 g/mol. The molecule has 0 saturated carbocycles. The molecule has 2 unspecified atom stereocenters. The Morgan fingerprint density at radius 1 is 1.50 bits per heavy atom. The molecule has 0 fully saturated rings. The van der Waals surface area contributed by atoms with Crippen LogP contribution in [0.4, 0.5) is 0 Å². The number of aromatic nitrogens is 2. The maximum Gasteiger partial charge on any atom is 0.0982 e. The van der Waals surface area contributed by atoms with E-state index in [2.05, 4.69) is 18.9 Å². The van der Waals surface area contributed by atoms with Gasteiger partial charge in [0.2, 0.25) is 0 Å². The van der Waals surface area contributed by atoms with Crippen molar-refractivity contribution in [2.24, 2.45) is 5.92 Å². The van der Waals surface area contributed by atoms with Crippen LogP contribution in [-0.2, 0) is 6.54 Å². The maximum absolute atomic E-state index is 10.1. The summed E-state index contributed by atoms with van der Waals surface area (Å²) in [5, 5.41) is 14.2. The van der Waals surface area contributed by atoms with Crippen molar-refractivity contribution in [1.82, 2.24) is 9.78 Å². The highest BCUT2D eigenvalue weighted by Crippen LogP contribution is 2.24. The third-order valence-corrected chi connectivity index (χ3v) is 2.63. The van der Waals surface area contributed by atoms with Gasteiger partial charge in [-0.25, -0.2) is 0 Å². The second kappa shape index (κ2) is 5.15. The summed E-state index contributed by atoms with van der Waals surface area (Å²) >= 11 is 0. The monoisotopic (exact) mass is 196 g/mol. The summed E-state index contributed by atoms with van der Waals surface area (Å²) in [6, 6.07) is 1.90. The highest BCUT2D eigenvalue weighted by Gasteiger charge is 2.18. The van der Waals surface area contributed by atoms with E-state index in [0.29, 0.717) is 5.92 Å². The molecule has 1 rings (SSSR count). The molecular formula is C11H20N2O. The fourth-order valence-electron chi connectivity index (χ4n) is 1.76. The van der Waals surface area contributed by atoms with Crippen molar-refractivity contribution in [3.63, 3.8) is 0 Å². The summed E-state index contributed by atoms with van der Waals surface area (Å²) in [6.45, 7) is 7.08. The lowest BCUT2D eigenvalue weighted by Crippen LogP contribution is -2.14. The van der Waals surface area contributed by atoms with Crippen LogP contribution < -0.4 is 0 Å².